The Kier molecular flexibility index (Phi) is 4.60. The number of hydrogen-bond donors (Lipinski definition) is 1. The van der Waals surface area contributed by atoms with Crippen LogP contribution in [0.25, 0.3) is 0 Å². The number of carbonyl (C=O) groups excluding carboxylic acids is 1. The number of aromatic nitrogens is 1. The highest BCUT2D eigenvalue weighted by Gasteiger charge is 2.22. The molecule has 4 nitrogen and oxygen atoms in total. The summed E-state index contributed by atoms with van der Waals surface area (Å²) in [6.07, 6.45) is 3.85. The number of nitrogens with zero attached hydrogens (tertiary/aromatic N) is 2. The van der Waals surface area contributed by atoms with Crippen molar-refractivity contribution in [1.29, 1.82) is 0 Å². The summed E-state index contributed by atoms with van der Waals surface area (Å²) in [6, 6.07) is 11.9. The fourth-order valence-electron chi connectivity index (χ4n) is 2.89. The summed E-state index contributed by atoms with van der Waals surface area (Å²) in [5, 5.41) is 3.34. The van der Waals surface area contributed by atoms with Gasteiger partial charge in [-0.3, -0.25) is 9.78 Å². The molecule has 0 atom stereocenters. The van der Waals surface area contributed by atoms with Crippen molar-refractivity contribution in [2.75, 3.05) is 18.4 Å². The Morgan fingerprint density at radius 3 is 2.65 bits per heavy atom. The molecular formula is C19H23N3O. The van der Waals surface area contributed by atoms with E-state index in [2.05, 4.69) is 36.3 Å². The summed E-state index contributed by atoms with van der Waals surface area (Å²) in [4.78, 5) is 18.8. The van der Waals surface area contributed by atoms with Crippen LogP contribution >= 0.6 is 0 Å². The molecule has 1 saturated heterocycles. The van der Waals surface area contributed by atoms with Gasteiger partial charge in [0.05, 0.1) is 0 Å². The van der Waals surface area contributed by atoms with Crippen LogP contribution in [0.15, 0.2) is 42.6 Å². The largest absolute Gasteiger partial charge is 0.355 e. The maximum Gasteiger partial charge on any atom is 0.272 e. The Bertz CT molecular complexity index is 691. The number of hydrogen-bond acceptors (Lipinski definition) is 3. The van der Waals surface area contributed by atoms with Crippen molar-refractivity contribution in [3.63, 3.8) is 0 Å². The lowest BCUT2D eigenvalue weighted by molar-refractivity contribution is 0.0691. The van der Waals surface area contributed by atoms with Gasteiger partial charge in [0.25, 0.3) is 5.91 Å². The molecule has 3 rings (SSSR count). The summed E-state index contributed by atoms with van der Waals surface area (Å²) >= 11 is 0. The molecule has 1 amide bonds. The molecule has 0 unspecified atom stereocenters. The predicted molar refractivity (Wildman–Crippen MR) is 93.0 cm³/mol. The molecule has 1 aromatic carbocycles. The second kappa shape index (κ2) is 6.82. The third-order valence-corrected chi connectivity index (χ3v) is 4.36. The van der Waals surface area contributed by atoms with Crippen molar-refractivity contribution in [2.45, 2.75) is 26.7 Å². The van der Waals surface area contributed by atoms with Crippen LogP contribution in [0, 0.1) is 12.8 Å². The van der Waals surface area contributed by atoms with E-state index < -0.39 is 0 Å². The highest BCUT2D eigenvalue weighted by molar-refractivity contribution is 5.93. The van der Waals surface area contributed by atoms with E-state index in [0.29, 0.717) is 11.6 Å². The standard InChI is InChI=1S/C19H23N3O/c1-14-7-10-22(11-8-14)19(23)18-13-17(6-9-20-18)21-16-5-3-4-15(2)12-16/h3-6,9,12-14H,7-8,10-11H2,1-2H3,(H,20,21). The Morgan fingerprint density at radius 1 is 1.17 bits per heavy atom. The minimum absolute atomic E-state index is 0.0322. The Balaban J connectivity index is 1.73. The van der Waals surface area contributed by atoms with E-state index in [1.165, 1.54) is 5.56 Å². The minimum Gasteiger partial charge on any atom is -0.355 e. The van der Waals surface area contributed by atoms with Gasteiger partial charge < -0.3 is 10.2 Å². The van der Waals surface area contributed by atoms with Gasteiger partial charge in [0.2, 0.25) is 0 Å². The van der Waals surface area contributed by atoms with Crippen molar-refractivity contribution in [3.8, 4) is 0 Å². The normalized spacial score (nSPS) is 15.5. The van der Waals surface area contributed by atoms with Crippen LogP contribution in [-0.4, -0.2) is 28.9 Å². The lowest BCUT2D eigenvalue weighted by atomic mass is 9.99. The molecule has 0 saturated carbocycles. The molecule has 1 N–H and O–H groups in total. The third kappa shape index (κ3) is 3.89. The highest BCUT2D eigenvalue weighted by Crippen LogP contribution is 2.20. The van der Waals surface area contributed by atoms with E-state index in [0.717, 1.165) is 37.3 Å². The number of anilines is 2. The molecule has 1 aromatic heterocycles. The molecule has 4 heteroatoms. The van der Waals surface area contributed by atoms with Crippen LogP contribution in [0.5, 0.6) is 0 Å². The number of rotatable bonds is 3. The predicted octanol–water partition coefficient (Wildman–Crippen LogP) is 4.01. The lowest BCUT2D eigenvalue weighted by Crippen LogP contribution is -2.38. The van der Waals surface area contributed by atoms with Crippen LogP contribution in [0.1, 0.15) is 35.8 Å². The van der Waals surface area contributed by atoms with Crippen molar-refractivity contribution in [1.82, 2.24) is 9.88 Å². The topological polar surface area (TPSA) is 45.2 Å². The maximum atomic E-state index is 12.6. The van der Waals surface area contributed by atoms with Gasteiger partial charge in [-0.1, -0.05) is 19.1 Å². The highest BCUT2D eigenvalue weighted by atomic mass is 16.2. The van der Waals surface area contributed by atoms with Crippen molar-refractivity contribution in [3.05, 3.63) is 53.9 Å². The van der Waals surface area contributed by atoms with Crippen LogP contribution in [0.4, 0.5) is 11.4 Å². The average molecular weight is 309 g/mol. The summed E-state index contributed by atoms with van der Waals surface area (Å²) in [5.41, 5.74) is 3.61. The van der Waals surface area contributed by atoms with Gasteiger partial charge in [-0.25, -0.2) is 0 Å². The molecule has 1 fully saturated rings. The number of amides is 1. The van der Waals surface area contributed by atoms with Crippen molar-refractivity contribution in [2.24, 2.45) is 5.92 Å². The maximum absolute atomic E-state index is 12.6. The Hall–Kier alpha value is -2.36. The molecule has 120 valence electrons. The number of likely N-dealkylation sites (tertiary alicyclic amines) is 1. The van der Waals surface area contributed by atoms with E-state index in [4.69, 9.17) is 0 Å². The second-order valence-corrected chi connectivity index (χ2v) is 6.40. The number of benzene rings is 1. The first-order valence-corrected chi connectivity index (χ1v) is 8.21. The molecule has 0 radical (unpaired) electrons. The van der Waals surface area contributed by atoms with Crippen LogP contribution < -0.4 is 5.32 Å². The van der Waals surface area contributed by atoms with E-state index in [1.54, 1.807) is 6.20 Å². The zero-order valence-corrected chi connectivity index (χ0v) is 13.7. The van der Waals surface area contributed by atoms with Crippen LogP contribution in [-0.2, 0) is 0 Å². The van der Waals surface area contributed by atoms with Gasteiger partial charge in [-0.05, 0) is 55.5 Å². The van der Waals surface area contributed by atoms with Gasteiger partial charge in [0.1, 0.15) is 5.69 Å². The first-order valence-electron chi connectivity index (χ1n) is 8.21. The fraction of sp³-hybridized carbons (Fsp3) is 0.368. The number of aryl methyl sites for hydroxylation is 1. The van der Waals surface area contributed by atoms with Gasteiger partial charge in [0.15, 0.2) is 0 Å². The summed E-state index contributed by atoms with van der Waals surface area (Å²) in [5.74, 6) is 0.742. The molecule has 1 aliphatic rings. The van der Waals surface area contributed by atoms with Crippen molar-refractivity contribution < 1.29 is 4.79 Å². The van der Waals surface area contributed by atoms with E-state index >= 15 is 0 Å². The fourth-order valence-corrected chi connectivity index (χ4v) is 2.89. The Morgan fingerprint density at radius 2 is 1.91 bits per heavy atom. The van der Waals surface area contributed by atoms with E-state index in [-0.39, 0.29) is 5.91 Å². The number of carbonyl (C=O) groups is 1. The van der Waals surface area contributed by atoms with Gasteiger partial charge in [-0.15, -0.1) is 0 Å². The summed E-state index contributed by atoms with van der Waals surface area (Å²) in [7, 11) is 0. The van der Waals surface area contributed by atoms with E-state index in [9.17, 15) is 4.79 Å². The molecule has 2 aromatic rings. The summed E-state index contributed by atoms with van der Waals surface area (Å²) in [6.45, 7) is 5.96. The van der Waals surface area contributed by atoms with E-state index in [1.807, 2.05) is 29.2 Å². The molecule has 23 heavy (non-hydrogen) atoms. The first kappa shape index (κ1) is 15.5. The molecular weight excluding hydrogens is 286 g/mol. The molecule has 1 aliphatic heterocycles. The SMILES string of the molecule is Cc1cccc(Nc2ccnc(C(=O)N3CCC(C)CC3)c2)c1. The molecule has 0 aliphatic carbocycles. The number of nitrogens with one attached hydrogen (secondary N) is 1. The molecule has 0 bridgehead atoms. The van der Waals surface area contributed by atoms with Crippen LogP contribution in [0.2, 0.25) is 0 Å². The molecule has 2 heterocycles. The monoisotopic (exact) mass is 309 g/mol. The number of piperidine rings is 1. The minimum atomic E-state index is 0.0322. The lowest BCUT2D eigenvalue weighted by Gasteiger charge is -2.30. The Labute approximate surface area is 137 Å². The number of pyridine rings is 1. The quantitative estimate of drug-likeness (QED) is 0.932. The zero-order chi connectivity index (χ0) is 16.2. The van der Waals surface area contributed by atoms with Gasteiger partial charge in [0, 0.05) is 30.7 Å². The smallest absolute Gasteiger partial charge is 0.272 e. The third-order valence-electron chi connectivity index (χ3n) is 4.36. The first-order chi connectivity index (χ1) is 11.1. The zero-order valence-electron chi connectivity index (χ0n) is 13.7. The average Bonchev–Trinajstić information content (AvgIpc) is 2.55. The van der Waals surface area contributed by atoms with Gasteiger partial charge >= 0.3 is 0 Å². The summed E-state index contributed by atoms with van der Waals surface area (Å²) < 4.78 is 0. The molecule has 0 spiro atoms. The van der Waals surface area contributed by atoms with Crippen LogP contribution in [0.3, 0.4) is 0 Å². The second-order valence-electron chi connectivity index (χ2n) is 6.40. The van der Waals surface area contributed by atoms with Crippen molar-refractivity contribution >= 4 is 17.3 Å². The van der Waals surface area contributed by atoms with Gasteiger partial charge in [-0.2, -0.15) is 0 Å².